The van der Waals surface area contributed by atoms with Crippen molar-refractivity contribution in [3.8, 4) is 0 Å². The van der Waals surface area contributed by atoms with Gasteiger partial charge in [-0.15, -0.1) is 0 Å². The van der Waals surface area contributed by atoms with Crippen LogP contribution in [0.3, 0.4) is 0 Å². The molecule has 1 saturated carbocycles. The molecule has 3 N–H and O–H groups in total. The van der Waals surface area contributed by atoms with E-state index in [-0.39, 0.29) is 18.0 Å². The van der Waals surface area contributed by atoms with Crippen LogP contribution >= 0.6 is 0 Å². The second-order valence-electron chi connectivity index (χ2n) is 6.25. The minimum absolute atomic E-state index is 0.0984. The predicted octanol–water partition coefficient (Wildman–Crippen LogP) is 2.21. The van der Waals surface area contributed by atoms with Gasteiger partial charge in [0.05, 0.1) is 17.8 Å². The van der Waals surface area contributed by atoms with E-state index < -0.39 is 0 Å². The first kappa shape index (κ1) is 13.5. The Morgan fingerprint density at radius 1 is 1.36 bits per heavy atom. The number of nitrogens with one attached hydrogen (secondary N) is 1. The first-order valence-corrected chi connectivity index (χ1v) is 7.75. The summed E-state index contributed by atoms with van der Waals surface area (Å²) in [5.74, 6) is 1.20. The first-order valence-electron chi connectivity index (χ1n) is 7.75. The molecule has 4 rings (SSSR count). The fourth-order valence-corrected chi connectivity index (χ4v) is 3.13. The summed E-state index contributed by atoms with van der Waals surface area (Å²) in [6.07, 6.45) is 2.96. The fourth-order valence-electron chi connectivity index (χ4n) is 3.13. The van der Waals surface area contributed by atoms with Crippen molar-refractivity contribution in [2.45, 2.75) is 44.2 Å². The van der Waals surface area contributed by atoms with Crippen molar-refractivity contribution in [2.75, 3.05) is 0 Å². The van der Waals surface area contributed by atoms with Gasteiger partial charge in [0.25, 0.3) is 5.91 Å². The number of nitrogens with two attached hydrogens (primary N) is 1. The van der Waals surface area contributed by atoms with Crippen molar-refractivity contribution < 1.29 is 9.21 Å². The zero-order chi connectivity index (χ0) is 15.3. The number of carbonyl (C=O) groups is 1. The number of amides is 1. The molecular weight excluding hydrogens is 278 g/mol. The summed E-state index contributed by atoms with van der Waals surface area (Å²) in [5.41, 5.74) is 9.23. The van der Waals surface area contributed by atoms with E-state index in [1.807, 2.05) is 25.1 Å². The van der Waals surface area contributed by atoms with E-state index in [1.54, 1.807) is 0 Å². The molecule has 0 aliphatic heterocycles. The summed E-state index contributed by atoms with van der Waals surface area (Å²) >= 11 is 0. The zero-order valence-electron chi connectivity index (χ0n) is 12.5. The Bertz CT molecular complexity index is 733. The Morgan fingerprint density at radius 2 is 2.14 bits per heavy atom. The SMILES string of the molecule is Cc1nc(C2CC2)oc1C(=O)N[C@@H]1Cc2ccccc2[C@H]1N. The third-order valence-electron chi connectivity index (χ3n) is 4.55. The summed E-state index contributed by atoms with van der Waals surface area (Å²) < 4.78 is 5.66. The van der Waals surface area contributed by atoms with Crippen LogP contribution in [-0.4, -0.2) is 16.9 Å². The van der Waals surface area contributed by atoms with E-state index >= 15 is 0 Å². The molecule has 2 aromatic rings. The zero-order valence-corrected chi connectivity index (χ0v) is 12.5. The molecule has 1 aromatic heterocycles. The van der Waals surface area contributed by atoms with Crippen LogP contribution in [0, 0.1) is 6.92 Å². The van der Waals surface area contributed by atoms with Crippen molar-refractivity contribution in [1.29, 1.82) is 0 Å². The lowest BCUT2D eigenvalue weighted by Crippen LogP contribution is -2.40. The molecule has 5 nitrogen and oxygen atoms in total. The first-order chi connectivity index (χ1) is 10.6. The second-order valence-corrected chi connectivity index (χ2v) is 6.25. The molecule has 0 radical (unpaired) electrons. The number of rotatable bonds is 3. The van der Waals surface area contributed by atoms with Crippen LogP contribution in [0.15, 0.2) is 28.7 Å². The number of hydrogen-bond acceptors (Lipinski definition) is 4. The Morgan fingerprint density at radius 3 is 2.86 bits per heavy atom. The van der Waals surface area contributed by atoms with Crippen LogP contribution in [0.4, 0.5) is 0 Å². The number of nitrogens with zero attached hydrogens (tertiary/aromatic N) is 1. The number of oxazole rings is 1. The number of aryl methyl sites for hydroxylation is 1. The van der Waals surface area contributed by atoms with Gasteiger partial charge in [-0.3, -0.25) is 4.79 Å². The molecule has 1 aromatic carbocycles. The topological polar surface area (TPSA) is 81.2 Å². The highest BCUT2D eigenvalue weighted by Crippen LogP contribution is 2.40. The number of benzene rings is 1. The van der Waals surface area contributed by atoms with Crippen molar-refractivity contribution in [3.63, 3.8) is 0 Å². The third-order valence-corrected chi connectivity index (χ3v) is 4.55. The summed E-state index contributed by atoms with van der Waals surface area (Å²) in [7, 11) is 0. The monoisotopic (exact) mass is 297 g/mol. The summed E-state index contributed by atoms with van der Waals surface area (Å²) in [6, 6.07) is 7.79. The van der Waals surface area contributed by atoms with E-state index in [0.717, 1.165) is 24.8 Å². The average Bonchev–Trinajstić information content (AvgIpc) is 3.22. The number of carbonyl (C=O) groups excluding carboxylic acids is 1. The molecule has 0 spiro atoms. The van der Waals surface area contributed by atoms with Gasteiger partial charge in [-0.2, -0.15) is 0 Å². The van der Waals surface area contributed by atoms with Crippen LogP contribution < -0.4 is 11.1 Å². The Hall–Kier alpha value is -2.14. The maximum absolute atomic E-state index is 12.5. The largest absolute Gasteiger partial charge is 0.435 e. The van der Waals surface area contributed by atoms with E-state index in [2.05, 4.69) is 16.4 Å². The third kappa shape index (κ3) is 2.22. The Kier molecular flexibility index (Phi) is 3.04. The highest BCUT2D eigenvalue weighted by atomic mass is 16.4. The van der Waals surface area contributed by atoms with Crippen LogP contribution in [0.2, 0.25) is 0 Å². The second kappa shape index (κ2) is 4.95. The van der Waals surface area contributed by atoms with E-state index in [4.69, 9.17) is 10.2 Å². The van der Waals surface area contributed by atoms with Gasteiger partial charge in [0.15, 0.2) is 5.89 Å². The standard InChI is InChI=1S/C17H19N3O2/c1-9-15(22-17(19-9)10-6-7-10)16(21)20-13-8-11-4-2-3-5-12(11)14(13)18/h2-5,10,13-14H,6-8,18H2,1H3,(H,20,21)/t13-,14-/m1/s1. The van der Waals surface area contributed by atoms with Gasteiger partial charge in [0.1, 0.15) is 0 Å². The Labute approximate surface area is 128 Å². The quantitative estimate of drug-likeness (QED) is 0.910. The van der Waals surface area contributed by atoms with Crippen molar-refractivity contribution in [1.82, 2.24) is 10.3 Å². The minimum Gasteiger partial charge on any atom is -0.435 e. The molecule has 1 amide bonds. The highest BCUT2D eigenvalue weighted by molar-refractivity contribution is 5.92. The van der Waals surface area contributed by atoms with Gasteiger partial charge in [0, 0.05) is 5.92 Å². The molecule has 2 atom stereocenters. The fraction of sp³-hybridized carbons (Fsp3) is 0.412. The number of hydrogen-bond donors (Lipinski definition) is 2. The maximum Gasteiger partial charge on any atom is 0.289 e. The van der Waals surface area contributed by atoms with Gasteiger partial charge in [0.2, 0.25) is 5.76 Å². The lowest BCUT2D eigenvalue weighted by molar-refractivity contribution is 0.0902. The molecule has 2 aliphatic carbocycles. The molecule has 0 unspecified atom stereocenters. The van der Waals surface area contributed by atoms with Crippen LogP contribution in [0.1, 0.15) is 58.1 Å². The van der Waals surface area contributed by atoms with E-state index in [1.165, 1.54) is 5.56 Å². The van der Waals surface area contributed by atoms with Gasteiger partial charge < -0.3 is 15.5 Å². The van der Waals surface area contributed by atoms with Crippen molar-refractivity contribution in [2.24, 2.45) is 5.73 Å². The lowest BCUT2D eigenvalue weighted by atomic mass is 10.1. The molecular formula is C17H19N3O2. The average molecular weight is 297 g/mol. The molecule has 0 bridgehead atoms. The molecule has 1 fully saturated rings. The van der Waals surface area contributed by atoms with Crippen LogP contribution in [0.25, 0.3) is 0 Å². The van der Waals surface area contributed by atoms with Crippen LogP contribution in [0.5, 0.6) is 0 Å². The van der Waals surface area contributed by atoms with Gasteiger partial charge in [-0.1, -0.05) is 24.3 Å². The Balaban J connectivity index is 1.51. The highest BCUT2D eigenvalue weighted by Gasteiger charge is 2.34. The summed E-state index contributed by atoms with van der Waals surface area (Å²) in [4.78, 5) is 16.8. The number of fused-ring (bicyclic) bond motifs is 1. The van der Waals surface area contributed by atoms with Gasteiger partial charge in [-0.25, -0.2) is 4.98 Å². The molecule has 22 heavy (non-hydrogen) atoms. The van der Waals surface area contributed by atoms with Gasteiger partial charge >= 0.3 is 0 Å². The smallest absolute Gasteiger partial charge is 0.289 e. The molecule has 5 heteroatoms. The van der Waals surface area contributed by atoms with E-state index in [9.17, 15) is 4.79 Å². The van der Waals surface area contributed by atoms with E-state index in [0.29, 0.717) is 23.3 Å². The van der Waals surface area contributed by atoms with Crippen molar-refractivity contribution in [3.05, 3.63) is 52.7 Å². The molecule has 1 heterocycles. The van der Waals surface area contributed by atoms with Crippen LogP contribution in [-0.2, 0) is 6.42 Å². The molecule has 114 valence electrons. The molecule has 0 saturated heterocycles. The van der Waals surface area contributed by atoms with Gasteiger partial charge in [-0.05, 0) is 37.3 Å². The molecule has 2 aliphatic rings. The summed E-state index contributed by atoms with van der Waals surface area (Å²) in [6.45, 7) is 1.81. The summed E-state index contributed by atoms with van der Waals surface area (Å²) in [5, 5.41) is 3.01. The number of aromatic nitrogens is 1. The normalized spacial score (nSPS) is 23.4. The maximum atomic E-state index is 12.5. The predicted molar refractivity (Wildman–Crippen MR) is 81.5 cm³/mol. The van der Waals surface area contributed by atoms with Crippen molar-refractivity contribution >= 4 is 5.91 Å². The lowest BCUT2D eigenvalue weighted by Gasteiger charge is -2.17. The minimum atomic E-state index is -0.217.